The third-order valence-corrected chi connectivity index (χ3v) is 6.48. The van der Waals surface area contributed by atoms with E-state index in [1.807, 2.05) is 38.1 Å². The van der Waals surface area contributed by atoms with Crippen molar-refractivity contribution in [3.8, 4) is 5.75 Å². The zero-order valence-electron chi connectivity index (χ0n) is 19.9. The summed E-state index contributed by atoms with van der Waals surface area (Å²) in [5.74, 6) is -0.453. The monoisotopic (exact) mass is 475 g/mol. The highest BCUT2D eigenvalue weighted by molar-refractivity contribution is 7.92. The number of hydrogen-bond acceptors (Lipinski definition) is 5. The normalized spacial score (nSPS) is 12.0. The van der Waals surface area contributed by atoms with Gasteiger partial charge in [0.2, 0.25) is 21.8 Å². The summed E-state index contributed by atoms with van der Waals surface area (Å²) in [5.41, 5.74) is 2.11. The van der Waals surface area contributed by atoms with E-state index in [9.17, 15) is 18.0 Å². The van der Waals surface area contributed by atoms with E-state index >= 15 is 0 Å². The molecule has 8 nitrogen and oxygen atoms in total. The highest BCUT2D eigenvalue weighted by Crippen LogP contribution is 2.29. The minimum absolute atomic E-state index is 0.176. The topological polar surface area (TPSA) is 96.0 Å². The van der Waals surface area contributed by atoms with Crippen molar-refractivity contribution in [2.75, 3.05) is 30.8 Å². The van der Waals surface area contributed by atoms with Crippen LogP contribution in [0.25, 0.3) is 0 Å². The summed E-state index contributed by atoms with van der Waals surface area (Å²) in [5, 5.41) is 2.82. The van der Waals surface area contributed by atoms with Crippen LogP contribution >= 0.6 is 0 Å². The number of sulfonamides is 1. The first kappa shape index (κ1) is 26.2. The van der Waals surface area contributed by atoms with Gasteiger partial charge in [0.25, 0.3) is 0 Å². The maximum atomic E-state index is 13.5. The molecule has 0 aliphatic heterocycles. The van der Waals surface area contributed by atoms with E-state index in [0.29, 0.717) is 12.3 Å². The lowest BCUT2D eigenvalue weighted by molar-refractivity contribution is -0.139. The summed E-state index contributed by atoms with van der Waals surface area (Å²) >= 11 is 0. The molecular formula is C24H33N3O5S. The number of carbonyl (C=O) groups is 2. The van der Waals surface area contributed by atoms with Crippen LogP contribution in [0.3, 0.4) is 0 Å². The Morgan fingerprint density at radius 3 is 2.33 bits per heavy atom. The van der Waals surface area contributed by atoms with Gasteiger partial charge >= 0.3 is 0 Å². The number of methoxy groups -OCH3 is 1. The van der Waals surface area contributed by atoms with Crippen LogP contribution in [0.4, 0.5) is 5.69 Å². The lowest BCUT2D eigenvalue weighted by Gasteiger charge is -2.32. The first-order valence-electron chi connectivity index (χ1n) is 10.8. The van der Waals surface area contributed by atoms with Crippen molar-refractivity contribution in [1.82, 2.24) is 10.2 Å². The zero-order valence-corrected chi connectivity index (χ0v) is 20.7. The maximum absolute atomic E-state index is 13.5. The molecule has 0 saturated carbocycles. The Labute approximate surface area is 196 Å². The predicted octanol–water partition coefficient (Wildman–Crippen LogP) is 2.71. The summed E-state index contributed by atoms with van der Waals surface area (Å²) in [7, 11) is -2.38. The van der Waals surface area contributed by atoms with Gasteiger partial charge in [-0.15, -0.1) is 0 Å². The SMILES string of the molecule is CCCNC(=O)[C@H](C)N(Cc1ccccc1C)C(=O)CN(c1ccccc1OC)S(C)(=O)=O. The van der Waals surface area contributed by atoms with Crippen LogP contribution in [0.1, 0.15) is 31.4 Å². The molecule has 0 heterocycles. The van der Waals surface area contributed by atoms with Crippen LogP contribution in [0.2, 0.25) is 0 Å². The molecular weight excluding hydrogens is 442 g/mol. The average Bonchev–Trinajstić information content (AvgIpc) is 2.79. The Morgan fingerprint density at radius 2 is 1.73 bits per heavy atom. The second kappa shape index (κ2) is 11.7. The number of nitrogens with one attached hydrogen (secondary N) is 1. The number of benzene rings is 2. The number of hydrogen-bond donors (Lipinski definition) is 1. The molecule has 2 aromatic rings. The Hall–Kier alpha value is -3.07. The Bertz CT molecular complexity index is 1070. The average molecular weight is 476 g/mol. The summed E-state index contributed by atoms with van der Waals surface area (Å²) in [4.78, 5) is 27.6. The minimum atomic E-state index is -3.82. The van der Waals surface area contributed by atoms with Crippen LogP contribution in [0.5, 0.6) is 5.75 Å². The van der Waals surface area contributed by atoms with Gasteiger partial charge < -0.3 is 15.0 Å². The van der Waals surface area contributed by atoms with Crippen molar-refractivity contribution in [2.24, 2.45) is 0 Å². The fraction of sp³-hybridized carbons (Fsp3) is 0.417. The number of anilines is 1. The van der Waals surface area contributed by atoms with Gasteiger partial charge in [-0.3, -0.25) is 13.9 Å². The first-order chi connectivity index (χ1) is 15.6. The molecule has 0 aromatic heterocycles. The second-order valence-electron chi connectivity index (χ2n) is 7.86. The van der Waals surface area contributed by atoms with E-state index in [1.165, 1.54) is 12.0 Å². The molecule has 0 aliphatic rings. The highest BCUT2D eigenvalue weighted by Gasteiger charge is 2.31. The Kier molecular flexibility index (Phi) is 9.28. The van der Waals surface area contributed by atoms with Gasteiger partial charge in [-0.2, -0.15) is 0 Å². The van der Waals surface area contributed by atoms with Crippen molar-refractivity contribution >= 4 is 27.5 Å². The number of carbonyl (C=O) groups excluding carboxylic acids is 2. The van der Waals surface area contributed by atoms with Gasteiger partial charge in [0.15, 0.2) is 0 Å². The molecule has 0 saturated heterocycles. The van der Waals surface area contributed by atoms with Gasteiger partial charge in [0, 0.05) is 13.1 Å². The molecule has 1 N–H and O–H groups in total. The van der Waals surface area contributed by atoms with Gasteiger partial charge in [0.1, 0.15) is 18.3 Å². The van der Waals surface area contributed by atoms with E-state index in [4.69, 9.17) is 4.74 Å². The summed E-state index contributed by atoms with van der Waals surface area (Å²) in [6, 6.07) is 13.4. The number of aryl methyl sites for hydroxylation is 1. The third-order valence-electron chi connectivity index (χ3n) is 5.35. The van der Waals surface area contributed by atoms with Crippen molar-refractivity contribution < 1.29 is 22.7 Å². The molecule has 0 bridgehead atoms. The van der Waals surface area contributed by atoms with Crippen molar-refractivity contribution in [1.29, 1.82) is 0 Å². The molecule has 180 valence electrons. The molecule has 2 amide bonds. The molecule has 0 spiro atoms. The molecule has 9 heteroatoms. The minimum Gasteiger partial charge on any atom is -0.495 e. The van der Waals surface area contributed by atoms with Crippen LogP contribution in [-0.4, -0.2) is 57.6 Å². The highest BCUT2D eigenvalue weighted by atomic mass is 32.2. The number of ether oxygens (including phenoxy) is 1. The van der Waals surface area contributed by atoms with E-state index < -0.39 is 28.5 Å². The van der Waals surface area contributed by atoms with Gasteiger partial charge in [-0.05, 0) is 43.5 Å². The molecule has 2 rings (SSSR count). The standard InChI is InChI=1S/C24H33N3O5S/c1-6-15-25-24(29)19(3)26(16-20-12-8-7-11-18(20)2)23(28)17-27(33(5,30)31)21-13-9-10-14-22(21)32-4/h7-14,19H,6,15-17H2,1-5H3,(H,25,29)/t19-/m0/s1. The van der Waals surface area contributed by atoms with Gasteiger partial charge in [-0.1, -0.05) is 43.3 Å². The molecule has 0 radical (unpaired) electrons. The molecule has 0 aliphatic carbocycles. The lowest BCUT2D eigenvalue weighted by atomic mass is 10.1. The predicted molar refractivity (Wildman–Crippen MR) is 130 cm³/mol. The summed E-state index contributed by atoms with van der Waals surface area (Å²) in [6.45, 7) is 5.73. The number of amides is 2. The molecule has 0 fully saturated rings. The molecule has 2 aromatic carbocycles. The van der Waals surface area contributed by atoms with Crippen LogP contribution in [0.15, 0.2) is 48.5 Å². The fourth-order valence-corrected chi connectivity index (χ4v) is 4.23. The van der Waals surface area contributed by atoms with Gasteiger partial charge in [-0.25, -0.2) is 8.42 Å². The van der Waals surface area contributed by atoms with E-state index in [1.54, 1.807) is 31.2 Å². The van der Waals surface area contributed by atoms with Crippen molar-refractivity contribution in [2.45, 2.75) is 39.8 Å². The zero-order chi connectivity index (χ0) is 24.6. The largest absolute Gasteiger partial charge is 0.495 e. The smallest absolute Gasteiger partial charge is 0.244 e. The lowest BCUT2D eigenvalue weighted by Crippen LogP contribution is -2.51. The van der Waals surface area contributed by atoms with E-state index in [-0.39, 0.29) is 18.1 Å². The fourth-order valence-electron chi connectivity index (χ4n) is 3.38. The molecule has 33 heavy (non-hydrogen) atoms. The third kappa shape index (κ3) is 6.95. The van der Waals surface area contributed by atoms with Crippen molar-refractivity contribution in [3.63, 3.8) is 0 Å². The van der Waals surface area contributed by atoms with Crippen LogP contribution in [0, 0.1) is 6.92 Å². The number of para-hydroxylation sites is 2. The van der Waals surface area contributed by atoms with Crippen LogP contribution < -0.4 is 14.4 Å². The second-order valence-corrected chi connectivity index (χ2v) is 9.76. The Balaban J connectivity index is 2.42. The van der Waals surface area contributed by atoms with E-state index in [2.05, 4.69) is 5.32 Å². The number of nitrogens with zero attached hydrogens (tertiary/aromatic N) is 2. The maximum Gasteiger partial charge on any atom is 0.244 e. The first-order valence-corrected chi connectivity index (χ1v) is 12.7. The number of rotatable bonds is 11. The van der Waals surface area contributed by atoms with Crippen molar-refractivity contribution in [3.05, 3.63) is 59.7 Å². The quantitative estimate of drug-likeness (QED) is 0.539. The molecule has 1 atom stereocenters. The molecule has 0 unspecified atom stereocenters. The van der Waals surface area contributed by atoms with Crippen LogP contribution in [-0.2, 0) is 26.2 Å². The Morgan fingerprint density at radius 1 is 1.09 bits per heavy atom. The summed E-state index contributed by atoms with van der Waals surface area (Å²) in [6.07, 6.45) is 1.80. The summed E-state index contributed by atoms with van der Waals surface area (Å²) < 4.78 is 31.6. The van der Waals surface area contributed by atoms with Gasteiger partial charge in [0.05, 0.1) is 19.1 Å². The van der Waals surface area contributed by atoms with E-state index in [0.717, 1.165) is 28.1 Å².